The molecule has 1 saturated carbocycles. The topological polar surface area (TPSA) is 49.4 Å². The SMILES string of the molecule is CN(C(=S)NC1CC1)C1CCS(=O)(=O)C1. The summed E-state index contributed by atoms with van der Waals surface area (Å²) in [4.78, 5) is 1.90. The maximum Gasteiger partial charge on any atom is 0.169 e. The van der Waals surface area contributed by atoms with E-state index >= 15 is 0 Å². The standard InChI is InChI=1S/C9H16N2O2S2/c1-11(9(14)10-7-2-3-7)8-4-5-15(12,13)6-8/h7-8H,2-6H2,1H3,(H,10,14). The second-order valence-corrected chi connectivity index (χ2v) is 7.01. The minimum atomic E-state index is -2.82. The van der Waals surface area contributed by atoms with Crippen LogP contribution in [0.25, 0.3) is 0 Å². The molecule has 0 aromatic rings. The van der Waals surface area contributed by atoms with Crippen LogP contribution in [0.5, 0.6) is 0 Å². The van der Waals surface area contributed by atoms with Crippen molar-refractivity contribution in [2.75, 3.05) is 18.6 Å². The normalized spacial score (nSPS) is 28.7. The molecule has 2 rings (SSSR count). The van der Waals surface area contributed by atoms with Crippen molar-refractivity contribution in [3.8, 4) is 0 Å². The van der Waals surface area contributed by atoms with Gasteiger partial charge in [0.15, 0.2) is 14.9 Å². The van der Waals surface area contributed by atoms with Gasteiger partial charge in [-0.3, -0.25) is 0 Å². The van der Waals surface area contributed by atoms with Gasteiger partial charge in [-0.1, -0.05) is 0 Å². The van der Waals surface area contributed by atoms with E-state index in [-0.39, 0.29) is 11.8 Å². The van der Waals surface area contributed by atoms with E-state index in [1.807, 2.05) is 11.9 Å². The molecule has 15 heavy (non-hydrogen) atoms. The van der Waals surface area contributed by atoms with Gasteiger partial charge in [-0.15, -0.1) is 0 Å². The van der Waals surface area contributed by atoms with E-state index < -0.39 is 9.84 Å². The molecular formula is C9H16N2O2S2. The summed E-state index contributed by atoms with van der Waals surface area (Å²) >= 11 is 5.22. The van der Waals surface area contributed by atoms with Gasteiger partial charge >= 0.3 is 0 Å². The molecule has 0 aromatic carbocycles. The first-order valence-corrected chi connectivity index (χ1v) is 7.45. The zero-order valence-electron chi connectivity index (χ0n) is 8.77. The lowest BCUT2D eigenvalue weighted by molar-refractivity contribution is 0.390. The Morgan fingerprint density at radius 3 is 2.53 bits per heavy atom. The van der Waals surface area contributed by atoms with Gasteiger partial charge in [-0.25, -0.2) is 8.42 Å². The predicted molar refractivity (Wildman–Crippen MR) is 63.6 cm³/mol. The number of nitrogens with zero attached hydrogens (tertiary/aromatic N) is 1. The summed E-state index contributed by atoms with van der Waals surface area (Å²) in [5.74, 6) is 0.546. The average Bonchev–Trinajstić information content (AvgIpc) is 2.88. The first-order chi connectivity index (χ1) is 6.98. The minimum absolute atomic E-state index is 0.0637. The quantitative estimate of drug-likeness (QED) is 0.705. The highest BCUT2D eigenvalue weighted by molar-refractivity contribution is 7.91. The van der Waals surface area contributed by atoms with Crippen molar-refractivity contribution in [3.05, 3.63) is 0 Å². The van der Waals surface area contributed by atoms with Crippen LogP contribution in [0, 0.1) is 0 Å². The van der Waals surface area contributed by atoms with Crippen molar-refractivity contribution >= 4 is 27.2 Å². The van der Waals surface area contributed by atoms with Crippen molar-refractivity contribution in [1.29, 1.82) is 0 Å². The molecule has 1 heterocycles. The summed E-state index contributed by atoms with van der Waals surface area (Å²) in [7, 11) is -0.938. The number of rotatable bonds is 2. The Labute approximate surface area is 95.9 Å². The first-order valence-electron chi connectivity index (χ1n) is 5.22. The number of thiocarbonyl (C=S) groups is 1. The highest BCUT2D eigenvalue weighted by atomic mass is 32.2. The molecule has 0 spiro atoms. The van der Waals surface area contributed by atoms with Crippen LogP contribution in [-0.2, 0) is 9.84 Å². The largest absolute Gasteiger partial charge is 0.360 e. The highest BCUT2D eigenvalue weighted by Crippen LogP contribution is 2.21. The van der Waals surface area contributed by atoms with E-state index in [4.69, 9.17) is 12.2 Å². The summed E-state index contributed by atoms with van der Waals surface area (Å²) in [6.07, 6.45) is 3.05. The third kappa shape index (κ3) is 2.81. The molecule has 1 N–H and O–H groups in total. The van der Waals surface area contributed by atoms with Gasteiger partial charge in [0.05, 0.1) is 11.5 Å². The van der Waals surface area contributed by atoms with Gasteiger partial charge in [-0.2, -0.15) is 0 Å². The summed E-state index contributed by atoms with van der Waals surface area (Å²) in [5, 5.41) is 3.91. The second kappa shape index (κ2) is 3.90. The number of sulfone groups is 1. The minimum Gasteiger partial charge on any atom is -0.360 e. The molecule has 4 nitrogen and oxygen atoms in total. The molecule has 0 bridgehead atoms. The van der Waals surface area contributed by atoms with Crippen LogP contribution in [0.4, 0.5) is 0 Å². The van der Waals surface area contributed by atoms with Gasteiger partial charge in [0.2, 0.25) is 0 Å². The fourth-order valence-electron chi connectivity index (χ4n) is 1.75. The van der Waals surface area contributed by atoms with Crippen LogP contribution < -0.4 is 5.32 Å². The monoisotopic (exact) mass is 248 g/mol. The van der Waals surface area contributed by atoms with E-state index in [1.165, 1.54) is 12.8 Å². The van der Waals surface area contributed by atoms with Crippen LogP contribution in [0.1, 0.15) is 19.3 Å². The maximum absolute atomic E-state index is 11.3. The molecule has 0 amide bonds. The van der Waals surface area contributed by atoms with Crippen molar-refractivity contribution < 1.29 is 8.42 Å². The number of hydrogen-bond donors (Lipinski definition) is 1. The lowest BCUT2D eigenvalue weighted by atomic mass is 10.2. The Morgan fingerprint density at radius 2 is 2.07 bits per heavy atom. The number of hydrogen-bond acceptors (Lipinski definition) is 3. The summed E-state index contributed by atoms with van der Waals surface area (Å²) in [6.45, 7) is 0. The molecule has 2 fully saturated rings. The summed E-state index contributed by atoms with van der Waals surface area (Å²) in [5.41, 5.74) is 0. The zero-order chi connectivity index (χ0) is 11.1. The van der Waals surface area contributed by atoms with Gasteiger partial charge in [-0.05, 0) is 31.5 Å². The van der Waals surface area contributed by atoms with Crippen LogP contribution in [0.3, 0.4) is 0 Å². The zero-order valence-corrected chi connectivity index (χ0v) is 10.4. The molecule has 1 atom stereocenters. The van der Waals surface area contributed by atoms with Gasteiger partial charge in [0.1, 0.15) is 0 Å². The summed E-state index contributed by atoms with van der Waals surface area (Å²) < 4.78 is 22.6. The molecule has 1 unspecified atom stereocenters. The Bertz CT molecular complexity index is 362. The van der Waals surface area contributed by atoms with Gasteiger partial charge in [0.25, 0.3) is 0 Å². The molecule has 6 heteroatoms. The van der Waals surface area contributed by atoms with Gasteiger partial charge < -0.3 is 10.2 Å². The van der Waals surface area contributed by atoms with Crippen LogP contribution >= 0.6 is 12.2 Å². The molecular weight excluding hydrogens is 232 g/mol. The van der Waals surface area contributed by atoms with Crippen molar-refractivity contribution in [2.24, 2.45) is 0 Å². The Balaban J connectivity index is 1.90. The molecule has 1 aliphatic heterocycles. The van der Waals surface area contributed by atoms with E-state index in [0.717, 1.165) is 0 Å². The number of nitrogens with one attached hydrogen (secondary N) is 1. The average molecular weight is 248 g/mol. The molecule has 0 aromatic heterocycles. The van der Waals surface area contributed by atoms with Crippen LogP contribution in [0.2, 0.25) is 0 Å². The lowest BCUT2D eigenvalue weighted by Crippen LogP contribution is -2.44. The van der Waals surface area contributed by atoms with Crippen molar-refractivity contribution in [2.45, 2.75) is 31.3 Å². The maximum atomic E-state index is 11.3. The smallest absolute Gasteiger partial charge is 0.169 e. The second-order valence-electron chi connectivity index (χ2n) is 4.39. The van der Waals surface area contributed by atoms with Crippen LogP contribution in [0.15, 0.2) is 0 Å². The molecule has 86 valence electrons. The third-order valence-electron chi connectivity index (χ3n) is 2.98. The highest BCUT2D eigenvalue weighted by Gasteiger charge is 2.32. The molecule has 1 aliphatic carbocycles. The van der Waals surface area contributed by atoms with E-state index in [9.17, 15) is 8.42 Å². The van der Waals surface area contributed by atoms with Crippen molar-refractivity contribution in [1.82, 2.24) is 10.2 Å². The third-order valence-corrected chi connectivity index (χ3v) is 5.14. The summed E-state index contributed by atoms with van der Waals surface area (Å²) in [6, 6.07) is 0.590. The fraction of sp³-hybridized carbons (Fsp3) is 0.889. The lowest BCUT2D eigenvalue weighted by Gasteiger charge is -2.26. The Kier molecular flexibility index (Phi) is 2.89. The predicted octanol–water partition coefficient (Wildman–Crippen LogP) is 0.142. The fourth-order valence-corrected chi connectivity index (χ4v) is 3.84. The van der Waals surface area contributed by atoms with E-state index in [1.54, 1.807) is 0 Å². The molecule has 0 radical (unpaired) electrons. The Morgan fingerprint density at radius 1 is 1.40 bits per heavy atom. The molecule has 2 aliphatic rings. The van der Waals surface area contributed by atoms with Gasteiger partial charge in [0, 0.05) is 19.1 Å². The van der Waals surface area contributed by atoms with Crippen LogP contribution in [-0.4, -0.2) is 49.1 Å². The Hall–Kier alpha value is -0.360. The van der Waals surface area contributed by atoms with Crippen molar-refractivity contribution in [3.63, 3.8) is 0 Å². The van der Waals surface area contributed by atoms with E-state index in [2.05, 4.69) is 5.32 Å². The van der Waals surface area contributed by atoms with E-state index in [0.29, 0.717) is 23.3 Å². The molecule has 1 saturated heterocycles. The first kappa shape index (κ1) is 11.1.